The molecule has 0 saturated carbocycles. The number of carbonyl (C=O) groups excluding carboxylic acids is 1. The van der Waals surface area contributed by atoms with Gasteiger partial charge in [-0.15, -0.1) is 0 Å². The predicted octanol–water partition coefficient (Wildman–Crippen LogP) is 2.45. The van der Waals surface area contributed by atoms with Crippen LogP contribution < -0.4 is 10.9 Å². The van der Waals surface area contributed by atoms with E-state index in [9.17, 15) is 9.59 Å². The summed E-state index contributed by atoms with van der Waals surface area (Å²) >= 11 is 0. The number of carbonyl (C=O) groups is 1. The Morgan fingerprint density at radius 3 is 2.73 bits per heavy atom. The predicted molar refractivity (Wildman–Crippen MR) is 86.7 cm³/mol. The molecule has 0 unspecified atom stereocenters. The monoisotopic (exact) mass is 294 g/mol. The minimum absolute atomic E-state index is 0.0346. The molecule has 4 nitrogen and oxygen atoms in total. The SMILES string of the molecule is C[C@H](NC(=O)c1cn(C)c(=O)c2c1C=CC2)c1ccccc1. The van der Waals surface area contributed by atoms with Crippen LogP contribution in [0.25, 0.3) is 6.08 Å². The summed E-state index contributed by atoms with van der Waals surface area (Å²) in [7, 11) is 1.68. The Morgan fingerprint density at radius 2 is 2.00 bits per heavy atom. The van der Waals surface area contributed by atoms with Crippen LogP contribution in [0.2, 0.25) is 0 Å². The standard InChI is InChI=1S/C18H18N2O2/c1-12(13-7-4-3-5-8-13)19-17(21)16-11-20(2)18(22)15-10-6-9-14(15)16/h3-9,11-12H,10H2,1-2H3,(H,19,21)/t12-/m0/s1. The first-order chi connectivity index (χ1) is 10.6. The lowest BCUT2D eigenvalue weighted by atomic mass is 10.0. The van der Waals surface area contributed by atoms with Crippen LogP contribution >= 0.6 is 0 Å². The largest absolute Gasteiger partial charge is 0.345 e. The number of hydrogen-bond donors (Lipinski definition) is 1. The van der Waals surface area contributed by atoms with Crippen molar-refractivity contribution >= 4 is 12.0 Å². The summed E-state index contributed by atoms with van der Waals surface area (Å²) in [5.41, 5.74) is 3.01. The Bertz CT molecular complexity index is 804. The lowest BCUT2D eigenvalue weighted by molar-refractivity contribution is 0.0939. The van der Waals surface area contributed by atoms with Gasteiger partial charge in [-0.25, -0.2) is 0 Å². The molecular weight excluding hydrogens is 276 g/mol. The van der Waals surface area contributed by atoms with Crippen LogP contribution in [0, 0.1) is 0 Å². The smallest absolute Gasteiger partial charge is 0.254 e. The second-order valence-corrected chi connectivity index (χ2v) is 5.56. The number of amides is 1. The Morgan fingerprint density at radius 1 is 1.27 bits per heavy atom. The van der Waals surface area contributed by atoms with E-state index in [-0.39, 0.29) is 17.5 Å². The zero-order valence-corrected chi connectivity index (χ0v) is 12.7. The quantitative estimate of drug-likeness (QED) is 0.945. The molecule has 22 heavy (non-hydrogen) atoms. The third kappa shape index (κ3) is 2.48. The molecule has 0 saturated heterocycles. The minimum atomic E-state index is -0.158. The molecule has 3 rings (SSSR count). The first-order valence-corrected chi connectivity index (χ1v) is 7.33. The summed E-state index contributed by atoms with van der Waals surface area (Å²) in [5, 5.41) is 3.00. The van der Waals surface area contributed by atoms with Crippen LogP contribution in [-0.2, 0) is 13.5 Å². The van der Waals surface area contributed by atoms with Gasteiger partial charge in [0.05, 0.1) is 11.6 Å². The van der Waals surface area contributed by atoms with Crippen molar-refractivity contribution in [3.8, 4) is 0 Å². The molecule has 1 amide bonds. The van der Waals surface area contributed by atoms with Gasteiger partial charge in [0.1, 0.15) is 0 Å². The molecule has 2 aromatic rings. The molecule has 1 aromatic heterocycles. The van der Waals surface area contributed by atoms with E-state index < -0.39 is 0 Å². The molecule has 1 N–H and O–H groups in total. The van der Waals surface area contributed by atoms with E-state index in [1.807, 2.05) is 49.4 Å². The summed E-state index contributed by atoms with van der Waals surface area (Å²) in [4.78, 5) is 24.7. The van der Waals surface area contributed by atoms with E-state index in [0.29, 0.717) is 17.5 Å². The van der Waals surface area contributed by atoms with Crippen LogP contribution in [0.3, 0.4) is 0 Å². The van der Waals surface area contributed by atoms with Crippen LogP contribution in [-0.4, -0.2) is 10.5 Å². The van der Waals surface area contributed by atoms with Gasteiger partial charge in [0.25, 0.3) is 11.5 Å². The van der Waals surface area contributed by atoms with Crippen molar-refractivity contribution in [3.63, 3.8) is 0 Å². The van der Waals surface area contributed by atoms with Crippen molar-refractivity contribution in [2.45, 2.75) is 19.4 Å². The highest BCUT2D eigenvalue weighted by molar-refractivity contribution is 5.98. The molecule has 1 aliphatic rings. The number of benzene rings is 1. The highest BCUT2D eigenvalue weighted by atomic mass is 16.2. The fourth-order valence-electron chi connectivity index (χ4n) is 2.78. The molecule has 0 fully saturated rings. The van der Waals surface area contributed by atoms with Crippen molar-refractivity contribution in [2.24, 2.45) is 7.05 Å². The fourth-order valence-corrected chi connectivity index (χ4v) is 2.78. The molecule has 112 valence electrons. The van der Waals surface area contributed by atoms with Gasteiger partial charge in [0.15, 0.2) is 0 Å². The van der Waals surface area contributed by atoms with Crippen molar-refractivity contribution in [1.29, 1.82) is 0 Å². The van der Waals surface area contributed by atoms with E-state index in [2.05, 4.69) is 5.32 Å². The molecule has 0 aliphatic heterocycles. The van der Waals surface area contributed by atoms with E-state index in [4.69, 9.17) is 0 Å². The van der Waals surface area contributed by atoms with Gasteiger partial charge in [-0.3, -0.25) is 9.59 Å². The molecule has 1 heterocycles. The molecule has 1 aromatic carbocycles. The summed E-state index contributed by atoms with van der Waals surface area (Å²) in [5.74, 6) is -0.158. The van der Waals surface area contributed by atoms with Crippen LogP contribution in [0.15, 0.2) is 47.4 Å². The Labute approximate surface area is 129 Å². The molecule has 1 aliphatic carbocycles. The normalized spacial score (nSPS) is 13.7. The number of rotatable bonds is 3. The maximum absolute atomic E-state index is 12.6. The zero-order valence-electron chi connectivity index (χ0n) is 12.7. The molecule has 0 bridgehead atoms. The first-order valence-electron chi connectivity index (χ1n) is 7.33. The topological polar surface area (TPSA) is 51.1 Å². The van der Waals surface area contributed by atoms with Crippen LogP contribution in [0.1, 0.15) is 40.0 Å². The number of aromatic nitrogens is 1. The van der Waals surface area contributed by atoms with Crippen molar-refractivity contribution in [2.75, 3.05) is 0 Å². The second kappa shape index (κ2) is 5.64. The number of aryl methyl sites for hydroxylation is 1. The highest BCUT2D eigenvalue weighted by Gasteiger charge is 2.21. The number of pyridine rings is 1. The van der Waals surface area contributed by atoms with Crippen molar-refractivity contribution in [1.82, 2.24) is 9.88 Å². The maximum Gasteiger partial charge on any atom is 0.254 e. The zero-order chi connectivity index (χ0) is 15.7. The number of hydrogen-bond acceptors (Lipinski definition) is 2. The van der Waals surface area contributed by atoms with Gasteiger partial charge in [0, 0.05) is 18.8 Å². The van der Waals surface area contributed by atoms with Crippen molar-refractivity contribution < 1.29 is 4.79 Å². The van der Waals surface area contributed by atoms with Gasteiger partial charge < -0.3 is 9.88 Å². The van der Waals surface area contributed by atoms with Gasteiger partial charge in [-0.2, -0.15) is 0 Å². The Balaban J connectivity index is 1.91. The summed E-state index contributed by atoms with van der Waals surface area (Å²) < 4.78 is 1.48. The molecule has 4 heteroatoms. The van der Waals surface area contributed by atoms with Crippen LogP contribution in [0.4, 0.5) is 0 Å². The number of nitrogens with zero attached hydrogens (tertiary/aromatic N) is 1. The van der Waals surface area contributed by atoms with Gasteiger partial charge in [-0.1, -0.05) is 42.5 Å². The maximum atomic E-state index is 12.6. The summed E-state index contributed by atoms with van der Waals surface area (Å²) in [6.45, 7) is 1.95. The van der Waals surface area contributed by atoms with E-state index in [1.54, 1.807) is 13.2 Å². The molecular formula is C18H18N2O2. The minimum Gasteiger partial charge on any atom is -0.345 e. The van der Waals surface area contributed by atoms with Gasteiger partial charge >= 0.3 is 0 Å². The number of allylic oxidation sites excluding steroid dienone is 1. The van der Waals surface area contributed by atoms with Crippen molar-refractivity contribution in [3.05, 3.63) is 75.2 Å². The van der Waals surface area contributed by atoms with Crippen LogP contribution in [0.5, 0.6) is 0 Å². The number of fused-ring (bicyclic) bond motifs is 1. The molecule has 1 atom stereocenters. The van der Waals surface area contributed by atoms with Gasteiger partial charge in [0.2, 0.25) is 0 Å². The van der Waals surface area contributed by atoms with E-state index in [0.717, 1.165) is 11.1 Å². The number of nitrogens with one attached hydrogen (secondary N) is 1. The average molecular weight is 294 g/mol. The summed E-state index contributed by atoms with van der Waals surface area (Å²) in [6, 6.07) is 9.72. The third-order valence-electron chi connectivity index (χ3n) is 4.01. The highest BCUT2D eigenvalue weighted by Crippen LogP contribution is 2.21. The lowest BCUT2D eigenvalue weighted by Gasteiger charge is -2.16. The fraction of sp³-hybridized carbons (Fsp3) is 0.222. The molecule has 0 spiro atoms. The first kappa shape index (κ1) is 14.3. The lowest BCUT2D eigenvalue weighted by Crippen LogP contribution is -2.30. The third-order valence-corrected chi connectivity index (χ3v) is 4.01. The Hall–Kier alpha value is -2.62. The van der Waals surface area contributed by atoms with E-state index in [1.165, 1.54) is 4.57 Å². The summed E-state index contributed by atoms with van der Waals surface area (Å²) in [6.07, 6.45) is 5.99. The Kier molecular flexibility index (Phi) is 3.67. The average Bonchev–Trinajstić information content (AvgIpc) is 3.01. The molecule has 0 radical (unpaired) electrons. The van der Waals surface area contributed by atoms with Gasteiger partial charge in [-0.05, 0) is 24.5 Å². The van der Waals surface area contributed by atoms with E-state index >= 15 is 0 Å². The second-order valence-electron chi connectivity index (χ2n) is 5.56.